The van der Waals surface area contributed by atoms with Gasteiger partial charge in [-0.3, -0.25) is 14.5 Å². The third-order valence-corrected chi connectivity index (χ3v) is 8.72. The summed E-state index contributed by atoms with van der Waals surface area (Å²) >= 11 is 0. The average Bonchev–Trinajstić information content (AvgIpc) is 3.08. The molecular formula is C36H48N6O4. The number of piperidine rings is 1. The minimum Gasteiger partial charge on any atom is -0.465 e. The van der Waals surface area contributed by atoms with E-state index in [9.17, 15) is 19.5 Å². The van der Waals surface area contributed by atoms with Crippen molar-refractivity contribution in [3.05, 3.63) is 84.4 Å². The Morgan fingerprint density at radius 1 is 0.935 bits per heavy atom. The van der Waals surface area contributed by atoms with E-state index < -0.39 is 12.1 Å². The molecule has 246 valence electrons. The van der Waals surface area contributed by atoms with Crippen molar-refractivity contribution in [2.75, 3.05) is 64.1 Å². The number of benzene rings is 3. The van der Waals surface area contributed by atoms with Gasteiger partial charge in [-0.15, -0.1) is 0 Å². The second-order valence-corrected chi connectivity index (χ2v) is 11.9. The molecule has 3 aromatic carbocycles. The summed E-state index contributed by atoms with van der Waals surface area (Å²) in [4.78, 5) is 44.2. The van der Waals surface area contributed by atoms with Crippen LogP contribution in [-0.4, -0.2) is 105 Å². The maximum absolute atomic E-state index is 13.5. The maximum Gasteiger partial charge on any atom is 0.412 e. The zero-order valence-corrected chi connectivity index (χ0v) is 27.4. The number of hydrogen-bond donors (Lipinski definition) is 4. The SMILES string of the molecule is CNCCCN(C)C(=O)c1ccc(N[C@@H](C)C(=O)C(CN2CCC(N(C(=O)O)c3ccccc3-c3ccccc3)CC2)NC)cc1. The molecule has 1 fully saturated rings. The van der Waals surface area contributed by atoms with Crippen LogP contribution >= 0.6 is 0 Å². The molecule has 0 aromatic heterocycles. The number of carbonyl (C=O) groups excluding carboxylic acids is 2. The molecule has 46 heavy (non-hydrogen) atoms. The van der Waals surface area contributed by atoms with Gasteiger partial charge in [-0.2, -0.15) is 0 Å². The number of likely N-dealkylation sites (N-methyl/N-ethyl adjacent to an activating group) is 1. The lowest BCUT2D eigenvalue weighted by atomic mass is 9.98. The topological polar surface area (TPSA) is 117 Å². The van der Waals surface area contributed by atoms with Crippen LogP contribution in [0.15, 0.2) is 78.9 Å². The number of Topliss-reactive ketones (excluding diaryl/α,β-unsaturated/α-hetero) is 1. The molecule has 2 amide bonds. The molecule has 4 N–H and O–H groups in total. The van der Waals surface area contributed by atoms with Gasteiger partial charge in [-0.05, 0) is 82.7 Å². The zero-order valence-electron chi connectivity index (χ0n) is 27.4. The van der Waals surface area contributed by atoms with Gasteiger partial charge in [0.2, 0.25) is 0 Å². The maximum atomic E-state index is 13.5. The molecule has 1 saturated heterocycles. The Bertz CT molecular complexity index is 1430. The monoisotopic (exact) mass is 628 g/mol. The molecule has 0 spiro atoms. The molecule has 10 heteroatoms. The highest BCUT2D eigenvalue weighted by Gasteiger charge is 2.32. The van der Waals surface area contributed by atoms with Crippen molar-refractivity contribution in [2.45, 2.75) is 44.3 Å². The van der Waals surface area contributed by atoms with Crippen LogP contribution in [0.5, 0.6) is 0 Å². The van der Waals surface area contributed by atoms with Crippen LogP contribution in [0.2, 0.25) is 0 Å². The van der Waals surface area contributed by atoms with Crippen LogP contribution in [0.1, 0.15) is 36.5 Å². The minimum atomic E-state index is -0.959. The van der Waals surface area contributed by atoms with E-state index in [-0.39, 0.29) is 23.8 Å². The molecule has 0 saturated carbocycles. The number of nitrogens with zero attached hydrogens (tertiary/aromatic N) is 3. The lowest BCUT2D eigenvalue weighted by Gasteiger charge is -2.39. The first-order valence-electron chi connectivity index (χ1n) is 16.1. The van der Waals surface area contributed by atoms with Crippen molar-refractivity contribution in [3.8, 4) is 11.1 Å². The van der Waals surface area contributed by atoms with Crippen molar-refractivity contribution in [2.24, 2.45) is 0 Å². The molecule has 0 bridgehead atoms. The standard InChI is InChI=1S/C36H48N6O4/c1-26(39-29-17-15-28(16-18-29)35(44)40(4)22-10-21-37-2)34(43)32(38-3)25-41-23-19-30(20-24-41)42(36(45)46)33-14-9-8-13-31(33)27-11-6-5-7-12-27/h5-9,11-18,26,30,32,37-39H,10,19-25H2,1-4H3,(H,45,46)/t26-,32?/m0/s1. The summed E-state index contributed by atoms with van der Waals surface area (Å²) < 4.78 is 0. The van der Waals surface area contributed by atoms with E-state index in [2.05, 4.69) is 20.9 Å². The van der Waals surface area contributed by atoms with Gasteiger partial charge in [0.05, 0.1) is 17.8 Å². The lowest BCUT2D eigenvalue weighted by Crippen LogP contribution is -2.53. The Morgan fingerprint density at radius 3 is 2.22 bits per heavy atom. The molecule has 2 atom stereocenters. The van der Waals surface area contributed by atoms with Crippen LogP contribution < -0.4 is 20.9 Å². The van der Waals surface area contributed by atoms with E-state index in [0.717, 1.165) is 29.8 Å². The minimum absolute atomic E-state index is 0.0299. The van der Waals surface area contributed by atoms with Gasteiger partial charge in [0, 0.05) is 56.1 Å². The van der Waals surface area contributed by atoms with Crippen LogP contribution in [0.25, 0.3) is 11.1 Å². The number of para-hydroxylation sites is 1. The summed E-state index contributed by atoms with van der Waals surface area (Å²) in [7, 11) is 5.49. The Hall–Kier alpha value is -4.25. The quantitative estimate of drug-likeness (QED) is 0.180. The number of anilines is 2. The van der Waals surface area contributed by atoms with Crippen LogP contribution in [0, 0.1) is 0 Å². The number of carboxylic acid groups (broad SMARTS) is 1. The molecule has 0 aliphatic carbocycles. The molecule has 3 aromatic rings. The highest BCUT2D eigenvalue weighted by Crippen LogP contribution is 2.34. The molecule has 0 radical (unpaired) electrons. The first-order valence-corrected chi connectivity index (χ1v) is 16.1. The lowest BCUT2D eigenvalue weighted by molar-refractivity contribution is -0.121. The van der Waals surface area contributed by atoms with Crippen molar-refractivity contribution >= 4 is 29.2 Å². The Labute approximate surface area is 272 Å². The number of carbonyl (C=O) groups is 3. The van der Waals surface area contributed by atoms with Gasteiger partial charge in [-0.1, -0.05) is 48.5 Å². The molecule has 4 rings (SSSR count). The average molecular weight is 629 g/mol. The van der Waals surface area contributed by atoms with Crippen LogP contribution in [-0.2, 0) is 4.79 Å². The molecule has 1 aliphatic heterocycles. The molecular weight excluding hydrogens is 580 g/mol. The molecule has 1 heterocycles. The summed E-state index contributed by atoms with van der Waals surface area (Å²) in [6, 6.07) is 23.8. The highest BCUT2D eigenvalue weighted by molar-refractivity contribution is 5.95. The first-order chi connectivity index (χ1) is 22.2. The predicted octanol–water partition coefficient (Wildman–Crippen LogP) is 4.64. The second-order valence-electron chi connectivity index (χ2n) is 11.9. The predicted molar refractivity (Wildman–Crippen MR) is 185 cm³/mol. The first kappa shape index (κ1) is 34.6. The Balaban J connectivity index is 1.32. The largest absolute Gasteiger partial charge is 0.465 e. The fourth-order valence-electron chi connectivity index (χ4n) is 6.09. The number of ketones is 1. The van der Waals surface area contributed by atoms with E-state index in [1.807, 2.05) is 80.7 Å². The van der Waals surface area contributed by atoms with Gasteiger partial charge in [0.25, 0.3) is 5.91 Å². The summed E-state index contributed by atoms with van der Waals surface area (Å²) in [5.41, 5.74) is 3.95. The van der Waals surface area contributed by atoms with E-state index in [0.29, 0.717) is 50.3 Å². The molecule has 1 aliphatic rings. The third-order valence-electron chi connectivity index (χ3n) is 8.72. The number of nitrogens with one attached hydrogen (secondary N) is 3. The fraction of sp³-hybridized carbons (Fsp3) is 0.417. The van der Waals surface area contributed by atoms with E-state index >= 15 is 0 Å². The van der Waals surface area contributed by atoms with Crippen molar-refractivity contribution < 1.29 is 19.5 Å². The second kappa shape index (κ2) is 16.9. The number of likely N-dealkylation sites (tertiary alicyclic amines) is 1. The van der Waals surface area contributed by atoms with Crippen molar-refractivity contribution in [1.82, 2.24) is 20.4 Å². The Kier molecular flexibility index (Phi) is 12.7. The fourth-order valence-corrected chi connectivity index (χ4v) is 6.09. The zero-order chi connectivity index (χ0) is 33.1. The number of rotatable bonds is 15. The normalized spacial score (nSPS) is 15.1. The van der Waals surface area contributed by atoms with Crippen molar-refractivity contribution in [1.29, 1.82) is 0 Å². The third kappa shape index (κ3) is 8.93. The smallest absolute Gasteiger partial charge is 0.412 e. The summed E-state index contributed by atoms with van der Waals surface area (Å²) in [6.07, 6.45) is 1.26. The Morgan fingerprint density at radius 2 is 1.59 bits per heavy atom. The van der Waals surface area contributed by atoms with Gasteiger partial charge in [0.15, 0.2) is 5.78 Å². The number of amides is 2. The van der Waals surface area contributed by atoms with Gasteiger partial charge in [0.1, 0.15) is 0 Å². The van der Waals surface area contributed by atoms with Gasteiger partial charge >= 0.3 is 6.09 Å². The van der Waals surface area contributed by atoms with Crippen molar-refractivity contribution in [3.63, 3.8) is 0 Å². The van der Waals surface area contributed by atoms with Gasteiger partial charge < -0.3 is 30.9 Å². The van der Waals surface area contributed by atoms with E-state index in [4.69, 9.17) is 0 Å². The highest BCUT2D eigenvalue weighted by atomic mass is 16.4. The van der Waals surface area contributed by atoms with Crippen LogP contribution in [0.3, 0.4) is 0 Å². The van der Waals surface area contributed by atoms with E-state index in [1.54, 1.807) is 31.1 Å². The summed E-state index contributed by atoms with van der Waals surface area (Å²) in [5, 5.41) is 19.9. The van der Waals surface area contributed by atoms with Gasteiger partial charge in [-0.25, -0.2) is 4.79 Å². The van der Waals surface area contributed by atoms with E-state index in [1.165, 1.54) is 4.90 Å². The summed E-state index contributed by atoms with van der Waals surface area (Å²) in [5.74, 6) is 0.00988. The summed E-state index contributed by atoms with van der Waals surface area (Å²) in [6.45, 7) is 5.29. The number of hydrogen-bond acceptors (Lipinski definition) is 7. The molecule has 10 nitrogen and oxygen atoms in total. The van der Waals surface area contributed by atoms with Crippen LogP contribution in [0.4, 0.5) is 16.2 Å². The molecule has 1 unspecified atom stereocenters.